The summed E-state index contributed by atoms with van der Waals surface area (Å²) in [6, 6.07) is 13.9. The van der Waals surface area contributed by atoms with Crippen molar-refractivity contribution in [2.75, 3.05) is 10.0 Å². The Kier molecular flexibility index (Phi) is 4.52. The second-order valence-electron chi connectivity index (χ2n) is 5.24. The normalized spacial score (nSPS) is 11.2. The van der Waals surface area contributed by atoms with Gasteiger partial charge >= 0.3 is 0 Å². The first-order chi connectivity index (χ1) is 11.5. The fourth-order valence-electron chi connectivity index (χ4n) is 2.22. The van der Waals surface area contributed by atoms with E-state index in [-0.39, 0.29) is 4.90 Å². The van der Waals surface area contributed by atoms with Gasteiger partial charge < -0.3 is 9.73 Å². The number of benzene rings is 1. The standard InChI is InChI=1S/C17H17N3O3S/c1-13-5-2-3-7-16(13)24(21,22)20-14-8-9-17(18-11-14)19-12-15-6-4-10-23-15/h2-11,20H,12H2,1H3,(H,18,19). The molecule has 0 aliphatic heterocycles. The summed E-state index contributed by atoms with van der Waals surface area (Å²) in [5.74, 6) is 1.42. The van der Waals surface area contributed by atoms with Crippen molar-refractivity contribution in [3.8, 4) is 0 Å². The summed E-state index contributed by atoms with van der Waals surface area (Å²) in [5, 5.41) is 3.10. The maximum atomic E-state index is 12.4. The molecule has 124 valence electrons. The van der Waals surface area contributed by atoms with Gasteiger partial charge in [0.05, 0.1) is 29.6 Å². The maximum absolute atomic E-state index is 12.4. The first-order valence-corrected chi connectivity index (χ1v) is 8.84. The second-order valence-corrected chi connectivity index (χ2v) is 6.89. The van der Waals surface area contributed by atoms with Crippen molar-refractivity contribution in [3.05, 3.63) is 72.3 Å². The number of nitrogens with zero attached hydrogens (tertiary/aromatic N) is 1. The Morgan fingerprint density at radius 3 is 2.58 bits per heavy atom. The lowest BCUT2D eigenvalue weighted by Crippen LogP contribution is -2.14. The molecule has 0 saturated carbocycles. The zero-order valence-corrected chi connectivity index (χ0v) is 13.9. The minimum atomic E-state index is -3.63. The highest BCUT2D eigenvalue weighted by Crippen LogP contribution is 2.19. The van der Waals surface area contributed by atoms with Gasteiger partial charge in [0.1, 0.15) is 11.6 Å². The van der Waals surface area contributed by atoms with Crippen LogP contribution < -0.4 is 10.0 Å². The van der Waals surface area contributed by atoms with Gasteiger partial charge in [0.2, 0.25) is 0 Å². The van der Waals surface area contributed by atoms with E-state index in [9.17, 15) is 8.42 Å². The number of aromatic nitrogens is 1. The monoisotopic (exact) mass is 343 g/mol. The van der Waals surface area contributed by atoms with Crippen molar-refractivity contribution in [3.63, 3.8) is 0 Å². The molecule has 0 aliphatic carbocycles. The first-order valence-electron chi connectivity index (χ1n) is 7.35. The average Bonchev–Trinajstić information content (AvgIpc) is 3.07. The van der Waals surface area contributed by atoms with E-state index in [2.05, 4.69) is 15.0 Å². The van der Waals surface area contributed by atoms with Crippen molar-refractivity contribution < 1.29 is 12.8 Å². The molecule has 0 bridgehead atoms. The minimum absolute atomic E-state index is 0.255. The van der Waals surface area contributed by atoms with E-state index in [1.807, 2.05) is 12.1 Å². The fourth-order valence-corrected chi connectivity index (χ4v) is 3.51. The average molecular weight is 343 g/mol. The van der Waals surface area contributed by atoms with E-state index in [0.717, 1.165) is 5.76 Å². The number of nitrogens with one attached hydrogen (secondary N) is 2. The molecular formula is C17H17N3O3S. The highest BCUT2D eigenvalue weighted by atomic mass is 32.2. The number of aryl methyl sites for hydroxylation is 1. The molecule has 2 heterocycles. The quantitative estimate of drug-likeness (QED) is 0.716. The molecule has 7 heteroatoms. The summed E-state index contributed by atoms with van der Waals surface area (Å²) in [6.07, 6.45) is 3.08. The lowest BCUT2D eigenvalue weighted by Gasteiger charge is -2.10. The highest BCUT2D eigenvalue weighted by molar-refractivity contribution is 7.92. The summed E-state index contributed by atoms with van der Waals surface area (Å²) in [5.41, 5.74) is 1.09. The number of rotatable bonds is 6. The summed E-state index contributed by atoms with van der Waals surface area (Å²) in [7, 11) is -3.63. The molecule has 6 nitrogen and oxygen atoms in total. The van der Waals surface area contributed by atoms with Crippen molar-refractivity contribution in [1.82, 2.24) is 4.98 Å². The third-order valence-electron chi connectivity index (χ3n) is 3.42. The number of hydrogen-bond donors (Lipinski definition) is 2. The predicted molar refractivity (Wildman–Crippen MR) is 92.3 cm³/mol. The predicted octanol–water partition coefficient (Wildman–Crippen LogP) is 3.40. The molecule has 0 aliphatic rings. The van der Waals surface area contributed by atoms with E-state index in [4.69, 9.17) is 4.42 Å². The summed E-state index contributed by atoms with van der Waals surface area (Å²) < 4.78 is 32.6. The summed E-state index contributed by atoms with van der Waals surface area (Å²) in [6.45, 7) is 2.27. The van der Waals surface area contributed by atoms with Crippen LogP contribution in [0.25, 0.3) is 0 Å². The fraction of sp³-hybridized carbons (Fsp3) is 0.118. The molecule has 0 saturated heterocycles. The lowest BCUT2D eigenvalue weighted by atomic mass is 10.2. The van der Waals surface area contributed by atoms with Crippen LogP contribution in [-0.4, -0.2) is 13.4 Å². The topological polar surface area (TPSA) is 84.2 Å². The number of hydrogen-bond acceptors (Lipinski definition) is 5. The third kappa shape index (κ3) is 3.75. The zero-order chi connectivity index (χ0) is 17.0. The van der Waals surface area contributed by atoms with Gasteiger partial charge in [-0.1, -0.05) is 18.2 Å². The molecule has 24 heavy (non-hydrogen) atoms. The van der Waals surface area contributed by atoms with Crippen molar-refractivity contribution in [2.24, 2.45) is 0 Å². The molecule has 0 amide bonds. The molecule has 3 aromatic rings. The van der Waals surface area contributed by atoms with Gasteiger partial charge in [0.15, 0.2) is 0 Å². The Hall–Kier alpha value is -2.80. The highest BCUT2D eigenvalue weighted by Gasteiger charge is 2.16. The Morgan fingerprint density at radius 2 is 1.92 bits per heavy atom. The second kappa shape index (κ2) is 6.76. The smallest absolute Gasteiger partial charge is 0.262 e. The number of sulfonamides is 1. The van der Waals surface area contributed by atoms with E-state index in [1.54, 1.807) is 49.6 Å². The third-order valence-corrected chi connectivity index (χ3v) is 4.96. The summed E-state index contributed by atoms with van der Waals surface area (Å²) >= 11 is 0. The SMILES string of the molecule is Cc1ccccc1S(=O)(=O)Nc1ccc(NCc2ccco2)nc1. The van der Waals surface area contributed by atoms with E-state index < -0.39 is 10.0 Å². The molecule has 1 aromatic carbocycles. The van der Waals surface area contributed by atoms with Crippen LogP contribution >= 0.6 is 0 Å². The molecule has 0 radical (unpaired) electrons. The van der Waals surface area contributed by atoms with Crippen molar-refractivity contribution in [1.29, 1.82) is 0 Å². The van der Waals surface area contributed by atoms with Gasteiger partial charge in [-0.2, -0.15) is 0 Å². The number of anilines is 2. The maximum Gasteiger partial charge on any atom is 0.262 e. The first kappa shape index (κ1) is 16.1. The molecular weight excluding hydrogens is 326 g/mol. The van der Waals surface area contributed by atoms with Gasteiger partial charge in [0, 0.05) is 0 Å². The molecule has 0 fully saturated rings. The molecule has 0 spiro atoms. The largest absolute Gasteiger partial charge is 0.467 e. The lowest BCUT2D eigenvalue weighted by molar-refractivity contribution is 0.518. The van der Waals surface area contributed by atoms with E-state index in [0.29, 0.717) is 23.6 Å². The number of furan rings is 1. The van der Waals surface area contributed by atoms with Crippen LogP contribution in [0.15, 0.2) is 70.3 Å². The van der Waals surface area contributed by atoms with Gasteiger partial charge in [-0.05, 0) is 42.8 Å². The van der Waals surface area contributed by atoms with Crippen LogP contribution in [0.4, 0.5) is 11.5 Å². The van der Waals surface area contributed by atoms with Crippen LogP contribution in [-0.2, 0) is 16.6 Å². The van der Waals surface area contributed by atoms with Gasteiger partial charge in [-0.15, -0.1) is 0 Å². The van der Waals surface area contributed by atoms with Crippen LogP contribution in [0, 0.1) is 6.92 Å². The van der Waals surface area contributed by atoms with E-state index >= 15 is 0 Å². The number of pyridine rings is 1. The van der Waals surface area contributed by atoms with Gasteiger partial charge in [-0.25, -0.2) is 13.4 Å². The van der Waals surface area contributed by atoms with Gasteiger partial charge in [0.25, 0.3) is 10.0 Å². The van der Waals surface area contributed by atoms with Crippen LogP contribution in [0.1, 0.15) is 11.3 Å². The summed E-state index contributed by atoms with van der Waals surface area (Å²) in [4.78, 5) is 4.45. The zero-order valence-electron chi connectivity index (χ0n) is 13.1. The van der Waals surface area contributed by atoms with Crippen molar-refractivity contribution >= 4 is 21.5 Å². The Morgan fingerprint density at radius 1 is 1.08 bits per heavy atom. The molecule has 3 rings (SSSR count). The molecule has 0 atom stereocenters. The molecule has 0 unspecified atom stereocenters. The van der Waals surface area contributed by atoms with Crippen LogP contribution in [0.2, 0.25) is 0 Å². The van der Waals surface area contributed by atoms with Gasteiger partial charge in [-0.3, -0.25) is 4.72 Å². The van der Waals surface area contributed by atoms with E-state index in [1.165, 1.54) is 6.20 Å². The Bertz CT molecular complexity index is 905. The Labute approximate surface area is 140 Å². The molecule has 2 N–H and O–H groups in total. The minimum Gasteiger partial charge on any atom is -0.467 e. The Balaban J connectivity index is 1.68. The molecule has 2 aromatic heterocycles. The van der Waals surface area contributed by atoms with Crippen LogP contribution in [0.3, 0.4) is 0 Å². The van der Waals surface area contributed by atoms with Crippen LogP contribution in [0.5, 0.6) is 0 Å². The van der Waals surface area contributed by atoms with Crippen molar-refractivity contribution in [2.45, 2.75) is 18.4 Å².